The molecular weight excluding hydrogens is 334 g/mol. The SMILES string of the molecule is CN=C(NCC1CN(C)CCN1C)NCC1(c2cccc(Cl)c2)CC1. The van der Waals surface area contributed by atoms with Gasteiger partial charge in [0.25, 0.3) is 0 Å². The van der Waals surface area contributed by atoms with Crippen LogP contribution in [0, 0.1) is 0 Å². The van der Waals surface area contributed by atoms with E-state index in [1.54, 1.807) is 0 Å². The predicted molar refractivity (Wildman–Crippen MR) is 106 cm³/mol. The first-order valence-corrected chi connectivity index (χ1v) is 9.49. The molecule has 3 rings (SSSR count). The lowest BCUT2D eigenvalue weighted by Crippen LogP contribution is -2.55. The summed E-state index contributed by atoms with van der Waals surface area (Å²) in [5, 5.41) is 7.83. The lowest BCUT2D eigenvalue weighted by molar-refractivity contribution is 0.116. The third-order valence-corrected chi connectivity index (χ3v) is 5.83. The molecule has 5 nitrogen and oxygen atoms in total. The monoisotopic (exact) mass is 363 g/mol. The van der Waals surface area contributed by atoms with Crippen LogP contribution < -0.4 is 10.6 Å². The molecule has 6 heteroatoms. The fourth-order valence-corrected chi connectivity index (χ4v) is 3.74. The summed E-state index contributed by atoms with van der Waals surface area (Å²) >= 11 is 6.16. The van der Waals surface area contributed by atoms with Gasteiger partial charge in [0.1, 0.15) is 0 Å². The molecule has 2 aliphatic rings. The number of nitrogens with zero attached hydrogens (tertiary/aromatic N) is 3. The average molecular weight is 364 g/mol. The normalized spacial score (nSPS) is 24.2. The van der Waals surface area contributed by atoms with Gasteiger partial charge in [-0.25, -0.2) is 0 Å². The first-order valence-electron chi connectivity index (χ1n) is 9.12. The zero-order chi connectivity index (χ0) is 17.9. The van der Waals surface area contributed by atoms with E-state index >= 15 is 0 Å². The Kier molecular flexibility index (Phi) is 5.87. The number of guanidine groups is 1. The summed E-state index contributed by atoms with van der Waals surface area (Å²) in [5.41, 5.74) is 1.54. The Morgan fingerprint density at radius 1 is 1.28 bits per heavy atom. The molecule has 0 radical (unpaired) electrons. The lowest BCUT2D eigenvalue weighted by atomic mass is 9.96. The molecule has 1 aliphatic carbocycles. The van der Waals surface area contributed by atoms with Crippen molar-refractivity contribution < 1.29 is 0 Å². The second-order valence-electron chi connectivity index (χ2n) is 7.49. The minimum atomic E-state index is 0.213. The van der Waals surface area contributed by atoms with Gasteiger partial charge in [0.05, 0.1) is 0 Å². The molecule has 138 valence electrons. The molecule has 1 atom stereocenters. The van der Waals surface area contributed by atoms with Crippen molar-refractivity contribution in [3.63, 3.8) is 0 Å². The maximum absolute atomic E-state index is 6.16. The van der Waals surface area contributed by atoms with Gasteiger partial charge in [-0.3, -0.25) is 9.89 Å². The smallest absolute Gasteiger partial charge is 0.191 e. The number of benzene rings is 1. The first kappa shape index (κ1) is 18.5. The molecule has 1 aromatic carbocycles. The second kappa shape index (κ2) is 7.94. The highest BCUT2D eigenvalue weighted by atomic mass is 35.5. The standard InChI is InChI=1S/C19H30ClN5/c1-21-18(22-12-17-13-24(2)9-10-25(17)3)23-14-19(7-8-19)15-5-4-6-16(20)11-15/h4-6,11,17H,7-10,12-14H2,1-3H3,(H2,21,22,23). The zero-order valence-electron chi connectivity index (χ0n) is 15.6. The van der Waals surface area contributed by atoms with E-state index in [2.05, 4.69) is 51.7 Å². The van der Waals surface area contributed by atoms with Crippen LogP contribution in [0.3, 0.4) is 0 Å². The van der Waals surface area contributed by atoms with Crippen molar-refractivity contribution >= 4 is 17.6 Å². The highest BCUT2D eigenvalue weighted by Crippen LogP contribution is 2.48. The number of nitrogens with one attached hydrogen (secondary N) is 2. The van der Waals surface area contributed by atoms with E-state index in [-0.39, 0.29) is 5.41 Å². The molecule has 2 N–H and O–H groups in total. The van der Waals surface area contributed by atoms with Crippen molar-refractivity contribution in [1.29, 1.82) is 0 Å². The third kappa shape index (κ3) is 4.66. The summed E-state index contributed by atoms with van der Waals surface area (Å²) < 4.78 is 0. The van der Waals surface area contributed by atoms with Gasteiger partial charge < -0.3 is 15.5 Å². The van der Waals surface area contributed by atoms with Crippen molar-refractivity contribution in [2.45, 2.75) is 24.3 Å². The number of hydrogen-bond donors (Lipinski definition) is 2. The quantitative estimate of drug-likeness (QED) is 0.618. The molecule has 0 spiro atoms. The highest BCUT2D eigenvalue weighted by Gasteiger charge is 2.44. The molecular formula is C19H30ClN5. The van der Waals surface area contributed by atoms with E-state index in [4.69, 9.17) is 11.6 Å². The number of rotatable bonds is 5. The van der Waals surface area contributed by atoms with Crippen LogP contribution in [0.15, 0.2) is 29.3 Å². The van der Waals surface area contributed by atoms with Crippen molar-refractivity contribution in [1.82, 2.24) is 20.4 Å². The molecule has 1 unspecified atom stereocenters. The van der Waals surface area contributed by atoms with E-state index in [1.165, 1.54) is 18.4 Å². The fourth-order valence-electron chi connectivity index (χ4n) is 3.55. The Bertz CT molecular complexity index is 614. The molecule has 1 aliphatic heterocycles. The lowest BCUT2D eigenvalue weighted by Gasteiger charge is -2.38. The molecule has 1 heterocycles. The van der Waals surface area contributed by atoms with Crippen LogP contribution in [0.2, 0.25) is 5.02 Å². The van der Waals surface area contributed by atoms with Gasteiger partial charge in [0.15, 0.2) is 5.96 Å². The van der Waals surface area contributed by atoms with E-state index in [9.17, 15) is 0 Å². The molecule has 25 heavy (non-hydrogen) atoms. The molecule has 2 fully saturated rings. The summed E-state index contributed by atoms with van der Waals surface area (Å²) in [7, 11) is 6.23. The van der Waals surface area contributed by atoms with Crippen molar-refractivity contribution in [3.05, 3.63) is 34.9 Å². The van der Waals surface area contributed by atoms with Gasteiger partial charge in [-0.1, -0.05) is 23.7 Å². The number of hydrogen-bond acceptors (Lipinski definition) is 3. The average Bonchev–Trinajstić information content (AvgIpc) is 3.39. The highest BCUT2D eigenvalue weighted by molar-refractivity contribution is 6.30. The van der Waals surface area contributed by atoms with Gasteiger partial charge in [-0.05, 0) is 44.6 Å². The Morgan fingerprint density at radius 2 is 2.08 bits per heavy atom. The maximum atomic E-state index is 6.16. The van der Waals surface area contributed by atoms with Crippen molar-refractivity contribution in [2.75, 3.05) is 53.9 Å². The van der Waals surface area contributed by atoms with E-state index in [0.29, 0.717) is 6.04 Å². The number of likely N-dealkylation sites (N-methyl/N-ethyl adjacent to an activating group) is 2. The van der Waals surface area contributed by atoms with Crippen LogP contribution >= 0.6 is 11.6 Å². The number of piperazine rings is 1. The minimum absolute atomic E-state index is 0.213. The molecule has 0 bridgehead atoms. The van der Waals surface area contributed by atoms with Gasteiger partial charge in [0, 0.05) is 56.3 Å². The van der Waals surface area contributed by atoms with E-state index < -0.39 is 0 Å². The molecule has 0 aromatic heterocycles. The summed E-state index contributed by atoms with van der Waals surface area (Å²) in [6.45, 7) is 5.15. The second-order valence-corrected chi connectivity index (χ2v) is 7.93. The Balaban J connectivity index is 1.51. The van der Waals surface area contributed by atoms with Crippen molar-refractivity contribution in [2.24, 2.45) is 4.99 Å². The Labute approximate surface area is 156 Å². The van der Waals surface area contributed by atoms with Crippen LogP contribution in [-0.2, 0) is 5.41 Å². The Morgan fingerprint density at radius 3 is 2.76 bits per heavy atom. The topological polar surface area (TPSA) is 42.9 Å². The Hall–Kier alpha value is -1.30. The summed E-state index contributed by atoms with van der Waals surface area (Å²) in [4.78, 5) is 9.21. The van der Waals surface area contributed by atoms with Crippen LogP contribution in [0.4, 0.5) is 0 Å². The number of halogens is 1. The predicted octanol–water partition coefficient (Wildman–Crippen LogP) is 1.78. The summed E-state index contributed by atoms with van der Waals surface area (Å²) in [5.74, 6) is 0.884. The van der Waals surface area contributed by atoms with Crippen LogP contribution in [-0.4, -0.2) is 75.7 Å². The largest absolute Gasteiger partial charge is 0.356 e. The number of aliphatic imine (C=N–C) groups is 1. The maximum Gasteiger partial charge on any atom is 0.191 e. The molecule has 1 saturated heterocycles. The van der Waals surface area contributed by atoms with Crippen LogP contribution in [0.25, 0.3) is 0 Å². The van der Waals surface area contributed by atoms with Crippen molar-refractivity contribution in [3.8, 4) is 0 Å². The third-order valence-electron chi connectivity index (χ3n) is 5.59. The van der Waals surface area contributed by atoms with Crippen LogP contribution in [0.5, 0.6) is 0 Å². The molecule has 0 amide bonds. The fraction of sp³-hybridized carbons (Fsp3) is 0.632. The summed E-state index contributed by atoms with van der Waals surface area (Å²) in [6.07, 6.45) is 2.40. The molecule has 1 saturated carbocycles. The van der Waals surface area contributed by atoms with Gasteiger partial charge >= 0.3 is 0 Å². The van der Waals surface area contributed by atoms with E-state index in [1.807, 2.05) is 19.2 Å². The van der Waals surface area contributed by atoms with Gasteiger partial charge in [0.2, 0.25) is 0 Å². The summed E-state index contributed by atoms with van der Waals surface area (Å²) in [6, 6.07) is 8.77. The van der Waals surface area contributed by atoms with Gasteiger partial charge in [-0.15, -0.1) is 0 Å². The van der Waals surface area contributed by atoms with Crippen LogP contribution in [0.1, 0.15) is 18.4 Å². The van der Waals surface area contributed by atoms with Gasteiger partial charge in [-0.2, -0.15) is 0 Å². The first-order chi connectivity index (χ1) is 12.0. The minimum Gasteiger partial charge on any atom is -0.356 e. The zero-order valence-corrected chi connectivity index (χ0v) is 16.3. The molecule has 1 aromatic rings. The van der Waals surface area contributed by atoms with E-state index in [0.717, 1.165) is 43.7 Å².